The third-order valence-electron chi connectivity index (χ3n) is 5.03. The van der Waals surface area contributed by atoms with Gasteiger partial charge in [-0.3, -0.25) is 4.79 Å². The smallest absolute Gasteiger partial charge is 0.305 e. The minimum atomic E-state index is -0.754. The molecule has 3 nitrogen and oxygen atoms in total. The van der Waals surface area contributed by atoms with Gasteiger partial charge in [0.2, 0.25) is 0 Å². The van der Waals surface area contributed by atoms with Crippen LogP contribution in [0.5, 0.6) is 0 Å². The maximum Gasteiger partial charge on any atom is 0.305 e. The largest absolute Gasteiger partial charge is 0.481 e. The number of rotatable bonds is 5. The van der Waals surface area contributed by atoms with Crippen molar-refractivity contribution in [2.45, 2.75) is 44.9 Å². The number of carbonyl (C=O) groups is 1. The first kappa shape index (κ1) is 11.5. The quantitative estimate of drug-likeness (QED) is 0.749. The monoisotopic (exact) mass is 238 g/mol. The lowest BCUT2D eigenvalue weighted by Gasteiger charge is -2.56. The van der Waals surface area contributed by atoms with E-state index in [9.17, 15) is 4.79 Å². The molecule has 4 bridgehead atoms. The summed E-state index contributed by atoms with van der Waals surface area (Å²) in [6.45, 7) is 1.20. The van der Waals surface area contributed by atoms with E-state index in [0.29, 0.717) is 12.0 Å². The minimum Gasteiger partial charge on any atom is -0.481 e. The average Bonchev–Trinajstić information content (AvgIpc) is 2.22. The van der Waals surface area contributed by atoms with Crippen LogP contribution < -0.4 is 0 Å². The second kappa shape index (κ2) is 4.27. The van der Waals surface area contributed by atoms with Crippen molar-refractivity contribution < 1.29 is 14.6 Å². The summed E-state index contributed by atoms with van der Waals surface area (Å²) in [5.41, 5.74) is 0.424. The summed E-state index contributed by atoms with van der Waals surface area (Å²) in [6.07, 6.45) is 8.52. The second-order valence-electron chi connectivity index (χ2n) is 6.61. The molecular formula is C14H22O3. The van der Waals surface area contributed by atoms with E-state index in [1.54, 1.807) is 0 Å². The zero-order valence-electron chi connectivity index (χ0n) is 10.4. The number of aliphatic carboxylic acids is 1. The summed E-state index contributed by atoms with van der Waals surface area (Å²) in [4.78, 5) is 10.4. The lowest BCUT2D eigenvalue weighted by Crippen LogP contribution is -2.48. The van der Waals surface area contributed by atoms with E-state index in [4.69, 9.17) is 9.84 Å². The molecule has 0 atom stereocenters. The number of ether oxygens (including phenoxy) is 1. The Balaban J connectivity index is 1.53. The Morgan fingerprint density at radius 3 is 2.12 bits per heavy atom. The molecule has 0 aromatic heterocycles. The van der Waals surface area contributed by atoms with Gasteiger partial charge in [-0.05, 0) is 61.7 Å². The van der Waals surface area contributed by atoms with Crippen LogP contribution in [0.2, 0.25) is 0 Å². The molecule has 0 saturated heterocycles. The Labute approximate surface area is 103 Å². The summed E-state index contributed by atoms with van der Waals surface area (Å²) in [5, 5.41) is 8.59. The first-order valence-corrected chi connectivity index (χ1v) is 6.95. The molecular weight excluding hydrogens is 216 g/mol. The normalized spacial score (nSPS) is 42.9. The van der Waals surface area contributed by atoms with Crippen molar-refractivity contribution in [3.8, 4) is 0 Å². The summed E-state index contributed by atoms with van der Waals surface area (Å²) >= 11 is 0. The van der Waals surface area contributed by atoms with E-state index >= 15 is 0 Å². The predicted octanol–water partition coefficient (Wildman–Crippen LogP) is 2.69. The summed E-state index contributed by atoms with van der Waals surface area (Å²) in [7, 11) is 0. The lowest BCUT2D eigenvalue weighted by atomic mass is 9.50. The molecule has 4 rings (SSSR count). The zero-order chi connectivity index (χ0) is 11.9. The molecule has 4 aliphatic rings. The Hall–Kier alpha value is -0.570. The predicted molar refractivity (Wildman–Crippen MR) is 63.7 cm³/mol. The van der Waals surface area contributed by atoms with Gasteiger partial charge in [0.25, 0.3) is 0 Å². The molecule has 1 N–H and O–H groups in total. The van der Waals surface area contributed by atoms with Crippen molar-refractivity contribution in [3.05, 3.63) is 0 Å². The van der Waals surface area contributed by atoms with Gasteiger partial charge in [0.15, 0.2) is 0 Å². The highest BCUT2D eigenvalue weighted by Gasteiger charge is 2.50. The number of hydrogen-bond acceptors (Lipinski definition) is 2. The molecule has 0 amide bonds. The van der Waals surface area contributed by atoms with E-state index in [-0.39, 0.29) is 6.42 Å². The molecule has 0 aromatic rings. The SMILES string of the molecule is O=C(O)CCOCC12CC3CC(CC(C3)C1)C2. The molecule has 0 aliphatic heterocycles. The van der Waals surface area contributed by atoms with Crippen LogP contribution in [0.25, 0.3) is 0 Å². The average molecular weight is 238 g/mol. The van der Waals surface area contributed by atoms with Crippen molar-refractivity contribution in [3.63, 3.8) is 0 Å². The molecule has 0 aromatic carbocycles. The molecule has 4 aliphatic carbocycles. The van der Waals surface area contributed by atoms with Crippen LogP contribution in [0, 0.1) is 23.2 Å². The topological polar surface area (TPSA) is 46.5 Å². The Morgan fingerprint density at radius 1 is 1.12 bits per heavy atom. The van der Waals surface area contributed by atoms with Crippen molar-refractivity contribution >= 4 is 5.97 Å². The molecule has 0 radical (unpaired) electrons. The summed E-state index contributed by atoms with van der Waals surface area (Å²) < 4.78 is 5.65. The standard InChI is InChI=1S/C14H22O3/c15-13(16)1-2-17-9-14-6-10-3-11(7-14)5-12(4-10)8-14/h10-12H,1-9H2,(H,15,16). The van der Waals surface area contributed by atoms with Gasteiger partial charge in [-0.2, -0.15) is 0 Å². The van der Waals surface area contributed by atoms with Crippen LogP contribution in [0.4, 0.5) is 0 Å². The first-order chi connectivity index (χ1) is 8.15. The van der Waals surface area contributed by atoms with Gasteiger partial charge in [0.05, 0.1) is 19.6 Å². The third-order valence-corrected chi connectivity index (χ3v) is 5.03. The van der Waals surface area contributed by atoms with E-state index < -0.39 is 5.97 Å². The molecule has 4 fully saturated rings. The van der Waals surface area contributed by atoms with Gasteiger partial charge in [0, 0.05) is 0 Å². The van der Waals surface area contributed by atoms with E-state index in [1.807, 2.05) is 0 Å². The number of carboxylic acid groups (broad SMARTS) is 1. The van der Waals surface area contributed by atoms with E-state index in [2.05, 4.69) is 0 Å². The van der Waals surface area contributed by atoms with Gasteiger partial charge >= 0.3 is 5.97 Å². The molecule has 0 heterocycles. The van der Waals surface area contributed by atoms with Crippen molar-refractivity contribution in [2.24, 2.45) is 23.2 Å². The highest BCUT2D eigenvalue weighted by atomic mass is 16.5. The van der Waals surface area contributed by atoms with Crippen molar-refractivity contribution in [1.29, 1.82) is 0 Å². The maximum atomic E-state index is 10.4. The molecule has 4 saturated carbocycles. The Bertz CT molecular complexity index is 275. The number of hydrogen-bond donors (Lipinski definition) is 1. The lowest BCUT2D eigenvalue weighted by molar-refractivity contribution is -0.139. The van der Waals surface area contributed by atoms with E-state index in [0.717, 1.165) is 24.4 Å². The van der Waals surface area contributed by atoms with Crippen LogP contribution >= 0.6 is 0 Å². The molecule has 96 valence electrons. The molecule has 17 heavy (non-hydrogen) atoms. The molecule has 0 unspecified atom stereocenters. The van der Waals surface area contributed by atoms with Crippen LogP contribution in [0.1, 0.15) is 44.9 Å². The first-order valence-electron chi connectivity index (χ1n) is 6.95. The van der Waals surface area contributed by atoms with Gasteiger partial charge in [-0.25, -0.2) is 0 Å². The van der Waals surface area contributed by atoms with Crippen LogP contribution in [-0.2, 0) is 9.53 Å². The van der Waals surface area contributed by atoms with Crippen molar-refractivity contribution in [2.75, 3.05) is 13.2 Å². The van der Waals surface area contributed by atoms with Crippen LogP contribution in [0.15, 0.2) is 0 Å². The van der Waals surface area contributed by atoms with Crippen LogP contribution in [-0.4, -0.2) is 24.3 Å². The van der Waals surface area contributed by atoms with E-state index in [1.165, 1.54) is 38.5 Å². The van der Waals surface area contributed by atoms with Crippen LogP contribution in [0.3, 0.4) is 0 Å². The fourth-order valence-corrected chi connectivity index (χ4v) is 4.91. The summed E-state index contributed by atoms with van der Waals surface area (Å²) in [5.74, 6) is 2.09. The van der Waals surface area contributed by atoms with Gasteiger partial charge in [-0.1, -0.05) is 0 Å². The van der Waals surface area contributed by atoms with Crippen molar-refractivity contribution in [1.82, 2.24) is 0 Å². The maximum absolute atomic E-state index is 10.4. The molecule has 0 spiro atoms. The Kier molecular flexibility index (Phi) is 2.89. The zero-order valence-corrected chi connectivity index (χ0v) is 10.4. The fraction of sp³-hybridized carbons (Fsp3) is 0.929. The fourth-order valence-electron chi connectivity index (χ4n) is 4.91. The molecule has 3 heteroatoms. The highest BCUT2D eigenvalue weighted by Crippen LogP contribution is 2.59. The van der Waals surface area contributed by atoms with Gasteiger partial charge < -0.3 is 9.84 Å². The number of carboxylic acids is 1. The minimum absolute atomic E-state index is 0.145. The second-order valence-corrected chi connectivity index (χ2v) is 6.61. The van der Waals surface area contributed by atoms with Gasteiger partial charge in [-0.15, -0.1) is 0 Å². The Morgan fingerprint density at radius 2 is 1.65 bits per heavy atom. The third kappa shape index (κ3) is 2.35. The highest BCUT2D eigenvalue weighted by molar-refractivity contribution is 5.66. The van der Waals surface area contributed by atoms with Gasteiger partial charge in [0.1, 0.15) is 0 Å². The summed E-state index contributed by atoms with van der Waals surface area (Å²) in [6, 6.07) is 0.